The van der Waals surface area contributed by atoms with Gasteiger partial charge in [-0.15, -0.1) is 0 Å². The molecule has 0 unspecified atom stereocenters. The summed E-state index contributed by atoms with van der Waals surface area (Å²) in [4.78, 5) is 25.0. The molecule has 0 saturated carbocycles. The number of aryl methyl sites for hydroxylation is 1. The van der Waals surface area contributed by atoms with E-state index in [0.29, 0.717) is 32.4 Å². The van der Waals surface area contributed by atoms with Crippen LogP contribution in [0.15, 0.2) is 30.3 Å². The smallest absolute Gasteiger partial charge is 0.222 e. The van der Waals surface area contributed by atoms with Gasteiger partial charge in [-0.25, -0.2) is 0 Å². The highest BCUT2D eigenvalue weighted by Gasteiger charge is 2.25. The second kappa shape index (κ2) is 6.36. The van der Waals surface area contributed by atoms with Crippen LogP contribution >= 0.6 is 0 Å². The summed E-state index contributed by atoms with van der Waals surface area (Å²) in [6.45, 7) is 1.31. The zero-order valence-electron chi connectivity index (χ0n) is 11.0. The summed E-state index contributed by atoms with van der Waals surface area (Å²) in [5, 5.41) is 0. The van der Waals surface area contributed by atoms with Gasteiger partial charge >= 0.3 is 0 Å². The molecule has 4 heteroatoms. The van der Waals surface area contributed by atoms with E-state index in [-0.39, 0.29) is 17.7 Å². The standard InChI is InChI=1S/C15H20N2O2/c16-15(19)13-8-10-17(11-9-13)14(18)7-6-12-4-2-1-3-5-12/h1-5,13H,6-11H2,(H2,16,19). The Labute approximate surface area is 113 Å². The Morgan fingerprint density at radius 3 is 2.37 bits per heavy atom. The van der Waals surface area contributed by atoms with Crippen molar-refractivity contribution in [3.8, 4) is 0 Å². The van der Waals surface area contributed by atoms with Gasteiger partial charge in [0.1, 0.15) is 0 Å². The topological polar surface area (TPSA) is 63.4 Å². The maximum Gasteiger partial charge on any atom is 0.222 e. The van der Waals surface area contributed by atoms with E-state index in [1.165, 1.54) is 5.56 Å². The predicted octanol–water partition coefficient (Wildman–Crippen LogP) is 1.34. The van der Waals surface area contributed by atoms with Crippen molar-refractivity contribution in [2.45, 2.75) is 25.7 Å². The summed E-state index contributed by atoms with van der Waals surface area (Å²) in [7, 11) is 0. The van der Waals surface area contributed by atoms with Gasteiger partial charge in [0.2, 0.25) is 11.8 Å². The van der Waals surface area contributed by atoms with E-state index >= 15 is 0 Å². The minimum absolute atomic E-state index is 0.0572. The molecule has 102 valence electrons. The van der Waals surface area contributed by atoms with Crippen LogP contribution in [-0.2, 0) is 16.0 Å². The van der Waals surface area contributed by atoms with Gasteiger partial charge in [-0.2, -0.15) is 0 Å². The Hall–Kier alpha value is -1.84. The molecule has 0 aliphatic carbocycles. The maximum absolute atomic E-state index is 12.1. The van der Waals surface area contributed by atoms with Gasteiger partial charge < -0.3 is 10.6 Å². The Bertz CT molecular complexity index is 437. The number of primary amides is 1. The van der Waals surface area contributed by atoms with Crippen LogP contribution in [0.25, 0.3) is 0 Å². The van der Waals surface area contributed by atoms with Crippen molar-refractivity contribution in [3.63, 3.8) is 0 Å². The summed E-state index contributed by atoms with van der Waals surface area (Å²) in [5.41, 5.74) is 6.46. The van der Waals surface area contributed by atoms with Gasteiger partial charge in [0.25, 0.3) is 0 Å². The lowest BCUT2D eigenvalue weighted by Gasteiger charge is -2.30. The minimum Gasteiger partial charge on any atom is -0.369 e. The van der Waals surface area contributed by atoms with Crippen LogP contribution in [0.4, 0.5) is 0 Å². The predicted molar refractivity (Wildman–Crippen MR) is 73.3 cm³/mol. The molecule has 2 rings (SSSR count). The average molecular weight is 260 g/mol. The zero-order chi connectivity index (χ0) is 13.7. The first-order chi connectivity index (χ1) is 9.16. The fourth-order valence-electron chi connectivity index (χ4n) is 2.47. The largest absolute Gasteiger partial charge is 0.369 e. The van der Waals surface area contributed by atoms with Crippen LogP contribution in [0.5, 0.6) is 0 Å². The highest BCUT2D eigenvalue weighted by atomic mass is 16.2. The summed E-state index contributed by atoms with van der Waals surface area (Å²) < 4.78 is 0. The number of amides is 2. The van der Waals surface area contributed by atoms with Gasteiger partial charge in [-0.05, 0) is 24.8 Å². The fraction of sp³-hybridized carbons (Fsp3) is 0.467. The van der Waals surface area contributed by atoms with Crippen LogP contribution in [0.2, 0.25) is 0 Å². The number of hydrogen-bond acceptors (Lipinski definition) is 2. The molecule has 1 fully saturated rings. The van der Waals surface area contributed by atoms with Crippen molar-refractivity contribution in [2.75, 3.05) is 13.1 Å². The molecule has 19 heavy (non-hydrogen) atoms. The molecule has 1 heterocycles. The number of carbonyl (C=O) groups excluding carboxylic acids is 2. The first kappa shape index (κ1) is 13.6. The molecule has 0 radical (unpaired) electrons. The Morgan fingerprint density at radius 1 is 1.16 bits per heavy atom. The molecule has 0 aromatic heterocycles. The Kier molecular flexibility index (Phi) is 4.55. The number of carbonyl (C=O) groups is 2. The van der Waals surface area contributed by atoms with E-state index in [4.69, 9.17) is 5.73 Å². The van der Waals surface area contributed by atoms with Crippen molar-refractivity contribution in [1.82, 2.24) is 4.90 Å². The summed E-state index contributed by atoms with van der Waals surface area (Å²) in [6, 6.07) is 10.0. The maximum atomic E-state index is 12.1. The number of likely N-dealkylation sites (tertiary alicyclic amines) is 1. The van der Waals surface area contributed by atoms with E-state index in [0.717, 1.165) is 6.42 Å². The third-order valence-electron chi connectivity index (χ3n) is 3.72. The Balaban J connectivity index is 1.77. The van der Waals surface area contributed by atoms with Gasteiger partial charge in [0.05, 0.1) is 0 Å². The second-order valence-electron chi connectivity index (χ2n) is 5.04. The number of benzene rings is 1. The first-order valence-corrected chi connectivity index (χ1v) is 6.78. The molecular weight excluding hydrogens is 240 g/mol. The molecule has 2 amide bonds. The molecule has 1 aliphatic heterocycles. The second-order valence-corrected chi connectivity index (χ2v) is 5.04. The molecule has 0 atom stereocenters. The van der Waals surface area contributed by atoms with Crippen molar-refractivity contribution >= 4 is 11.8 Å². The van der Waals surface area contributed by atoms with Crippen LogP contribution in [0.1, 0.15) is 24.8 Å². The normalized spacial score (nSPS) is 16.3. The molecule has 0 spiro atoms. The lowest BCUT2D eigenvalue weighted by atomic mass is 9.96. The zero-order valence-corrected chi connectivity index (χ0v) is 11.0. The van der Waals surface area contributed by atoms with Gasteiger partial charge in [-0.1, -0.05) is 30.3 Å². The van der Waals surface area contributed by atoms with Gasteiger partial charge in [0, 0.05) is 25.4 Å². The number of piperidine rings is 1. The highest BCUT2D eigenvalue weighted by Crippen LogP contribution is 2.17. The summed E-state index contributed by atoms with van der Waals surface area (Å²) in [6.07, 6.45) is 2.71. The van der Waals surface area contributed by atoms with Crippen LogP contribution in [0.3, 0.4) is 0 Å². The number of nitrogens with two attached hydrogens (primary N) is 1. The van der Waals surface area contributed by atoms with Crippen LogP contribution in [-0.4, -0.2) is 29.8 Å². The van der Waals surface area contributed by atoms with Crippen molar-refractivity contribution in [2.24, 2.45) is 11.7 Å². The molecule has 1 saturated heterocycles. The minimum atomic E-state index is -0.239. The molecule has 0 bridgehead atoms. The molecule has 1 aromatic rings. The number of nitrogens with zero attached hydrogens (tertiary/aromatic N) is 1. The third kappa shape index (κ3) is 3.81. The van der Waals surface area contributed by atoms with Crippen molar-refractivity contribution in [3.05, 3.63) is 35.9 Å². The molecule has 1 aromatic carbocycles. The van der Waals surface area contributed by atoms with E-state index in [2.05, 4.69) is 0 Å². The number of rotatable bonds is 4. The fourth-order valence-corrected chi connectivity index (χ4v) is 2.47. The van der Waals surface area contributed by atoms with Gasteiger partial charge in [-0.3, -0.25) is 9.59 Å². The molecule has 1 aliphatic rings. The van der Waals surface area contributed by atoms with Crippen molar-refractivity contribution in [1.29, 1.82) is 0 Å². The summed E-state index contributed by atoms with van der Waals surface area (Å²) >= 11 is 0. The van der Waals surface area contributed by atoms with E-state index in [9.17, 15) is 9.59 Å². The summed E-state index contributed by atoms with van der Waals surface area (Å²) in [5.74, 6) is -0.124. The van der Waals surface area contributed by atoms with E-state index < -0.39 is 0 Å². The van der Waals surface area contributed by atoms with Crippen LogP contribution < -0.4 is 5.73 Å². The monoisotopic (exact) mass is 260 g/mol. The van der Waals surface area contributed by atoms with Gasteiger partial charge in [0.15, 0.2) is 0 Å². The van der Waals surface area contributed by atoms with E-state index in [1.807, 2.05) is 35.2 Å². The lowest BCUT2D eigenvalue weighted by Crippen LogP contribution is -2.41. The average Bonchev–Trinajstić information content (AvgIpc) is 2.46. The Morgan fingerprint density at radius 2 is 1.79 bits per heavy atom. The highest BCUT2D eigenvalue weighted by molar-refractivity contribution is 5.79. The quantitative estimate of drug-likeness (QED) is 0.888. The first-order valence-electron chi connectivity index (χ1n) is 6.78. The molecule has 4 nitrogen and oxygen atoms in total. The van der Waals surface area contributed by atoms with Crippen LogP contribution in [0, 0.1) is 5.92 Å². The third-order valence-corrected chi connectivity index (χ3v) is 3.72. The SMILES string of the molecule is NC(=O)C1CCN(C(=O)CCc2ccccc2)CC1. The van der Waals surface area contributed by atoms with Crippen molar-refractivity contribution < 1.29 is 9.59 Å². The van der Waals surface area contributed by atoms with E-state index in [1.54, 1.807) is 0 Å². The molecule has 2 N–H and O–H groups in total. The number of hydrogen-bond donors (Lipinski definition) is 1. The lowest BCUT2D eigenvalue weighted by molar-refractivity contribution is -0.134. The molecular formula is C15H20N2O2.